The molecule has 0 saturated carbocycles. The van der Waals surface area contributed by atoms with Gasteiger partial charge in [-0.05, 0) is 6.92 Å². The van der Waals surface area contributed by atoms with E-state index in [4.69, 9.17) is 5.73 Å². The van der Waals surface area contributed by atoms with Crippen LogP contribution in [0.1, 0.15) is 6.92 Å². The van der Waals surface area contributed by atoms with Crippen LogP contribution in [0.3, 0.4) is 0 Å². The molecule has 4 heteroatoms. The van der Waals surface area contributed by atoms with Crippen LogP contribution in [0.4, 0.5) is 4.79 Å². The minimum absolute atomic E-state index is 0.0563. The molecule has 0 aromatic heterocycles. The lowest BCUT2D eigenvalue weighted by molar-refractivity contribution is 0.212. The van der Waals surface area contributed by atoms with E-state index in [2.05, 4.69) is 5.32 Å². The van der Waals surface area contributed by atoms with Gasteiger partial charge in [-0.15, -0.1) is 0 Å². The van der Waals surface area contributed by atoms with Crippen molar-refractivity contribution in [2.45, 2.75) is 6.92 Å². The number of urea groups is 1. The first-order chi connectivity index (χ1) is 5.72. The van der Waals surface area contributed by atoms with Crippen molar-refractivity contribution >= 4 is 6.03 Å². The molecule has 0 aromatic rings. The maximum absolute atomic E-state index is 11.1. The SMILES string of the molecule is CCN(C)C(=O)NC/C=C/CN. The minimum atomic E-state index is -0.0563. The largest absolute Gasteiger partial charge is 0.335 e. The van der Waals surface area contributed by atoms with Gasteiger partial charge in [-0.3, -0.25) is 0 Å². The van der Waals surface area contributed by atoms with Crippen LogP contribution in [0, 0.1) is 0 Å². The summed E-state index contributed by atoms with van der Waals surface area (Å²) in [5, 5.41) is 2.71. The molecule has 0 unspecified atom stereocenters. The van der Waals surface area contributed by atoms with E-state index < -0.39 is 0 Å². The first kappa shape index (κ1) is 11.0. The summed E-state index contributed by atoms with van der Waals surface area (Å²) in [6.45, 7) is 3.70. The van der Waals surface area contributed by atoms with Crippen LogP contribution in [-0.2, 0) is 0 Å². The van der Waals surface area contributed by atoms with Gasteiger partial charge in [0.05, 0.1) is 0 Å². The molecule has 0 bridgehead atoms. The van der Waals surface area contributed by atoms with Crippen molar-refractivity contribution in [2.24, 2.45) is 5.73 Å². The van der Waals surface area contributed by atoms with Crippen molar-refractivity contribution in [3.8, 4) is 0 Å². The van der Waals surface area contributed by atoms with Gasteiger partial charge in [0.1, 0.15) is 0 Å². The molecular formula is C8H17N3O. The Balaban J connectivity index is 3.50. The topological polar surface area (TPSA) is 58.4 Å². The summed E-state index contributed by atoms with van der Waals surface area (Å²) >= 11 is 0. The molecular weight excluding hydrogens is 154 g/mol. The monoisotopic (exact) mass is 171 g/mol. The molecule has 0 fully saturated rings. The van der Waals surface area contributed by atoms with Crippen LogP contribution in [0.15, 0.2) is 12.2 Å². The summed E-state index contributed by atoms with van der Waals surface area (Å²) in [7, 11) is 1.75. The zero-order valence-electron chi connectivity index (χ0n) is 7.71. The van der Waals surface area contributed by atoms with Crippen molar-refractivity contribution in [3.05, 3.63) is 12.2 Å². The van der Waals surface area contributed by atoms with Crippen molar-refractivity contribution in [1.82, 2.24) is 10.2 Å². The van der Waals surface area contributed by atoms with Crippen molar-refractivity contribution in [1.29, 1.82) is 0 Å². The van der Waals surface area contributed by atoms with Gasteiger partial charge in [-0.1, -0.05) is 12.2 Å². The average molecular weight is 171 g/mol. The molecule has 0 spiro atoms. The fraction of sp³-hybridized carbons (Fsp3) is 0.625. The van der Waals surface area contributed by atoms with E-state index in [0.717, 1.165) is 0 Å². The normalized spacial score (nSPS) is 10.2. The third kappa shape index (κ3) is 4.73. The fourth-order valence-electron chi connectivity index (χ4n) is 0.604. The quantitative estimate of drug-likeness (QED) is 0.592. The molecule has 2 amide bonds. The van der Waals surface area contributed by atoms with Crippen LogP contribution in [-0.4, -0.2) is 37.6 Å². The second kappa shape index (κ2) is 6.67. The molecule has 0 aromatic carbocycles. The standard InChI is InChI=1S/C8H17N3O/c1-3-11(2)8(12)10-7-5-4-6-9/h4-5H,3,6-7,9H2,1-2H3,(H,10,12)/b5-4+. The Kier molecular flexibility index (Phi) is 6.09. The van der Waals surface area contributed by atoms with Crippen LogP contribution >= 0.6 is 0 Å². The maximum Gasteiger partial charge on any atom is 0.317 e. The summed E-state index contributed by atoms with van der Waals surface area (Å²) in [4.78, 5) is 12.7. The second-order valence-corrected chi connectivity index (χ2v) is 2.41. The highest BCUT2D eigenvalue weighted by Crippen LogP contribution is 1.81. The Labute approximate surface area is 73.4 Å². The maximum atomic E-state index is 11.1. The number of nitrogens with zero attached hydrogens (tertiary/aromatic N) is 1. The van der Waals surface area contributed by atoms with E-state index in [9.17, 15) is 4.79 Å². The fourth-order valence-corrected chi connectivity index (χ4v) is 0.604. The summed E-state index contributed by atoms with van der Waals surface area (Å²) in [5.74, 6) is 0. The zero-order valence-corrected chi connectivity index (χ0v) is 7.71. The van der Waals surface area contributed by atoms with E-state index in [1.807, 2.05) is 19.1 Å². The Morgan fingerprint density at radius 1 is 1.58 bits per heavy atom. The molecule has 0 rings (SSSR count). The van der Waals surface area contributed by atoms with Gasteiger partial charge in [-0.2, -0.15) is 0 Å². The van der Waals surface area contributed by atoms with Gasteiger partial charge in [0.25, 0.3) is 0 Å². The predicted octanol–water partition coefficient (Wildman–Crippen LogP) is 0.163. The summed E-state index contributed by atoms with van der Waals surface area (Å²) in [6.07, 6.45) is 3.65. The van der Waals surface area contributed by atoms with Crippen molar-refractivity contribution in [2.75, 3.05) is 26.7 Å². The number of carbonyl (C=O) groups excluding carboxylic acids is 1. The second-order valence-electron chi connectivity index (χ2n) is 2.41. The van der Waals surface area contributed by atoms with Crippen LogP contribution < -0.4 is 11.1 Å². The lowest BCUT2D eigenvalue weighted by atomic mass is 10.5. The van der Waals surface area contributed by atoms with Crippen LogP contribution in [0.2, 0.25) is 0 Å². The third-order valence-electron chi connectivity index (χ3n) is 1.49. The highest BCUT2D eigenvalue weighted by Gasteiger charge is 2.01. The van der Waals surface area contributed by atoms with E-state index in [0.29, 0.717) is 19.6 Å². The van der Waals surface area contributed by atoms with E-state index in [1.165, 1.54) is 0 Å². The van der Waals surface area contributed by atoms with E-state index >= 15 is 0 Å². The molecule has 0 aliphatic carbocycles. The van der Waals surface area contributed by atoms with Gasteiger partial charge >= 0.3 is 6.03 Å². The molecule has 0 atom stereocenters. The molecule has 0 radical (unpaired) electrons. The molecule has 0 saturated heterocycles. The van der Waals surface area contributed by atoms with Crippen LogP contribution in [0.25, 0.3) is 0 Å². The van der Waals surface area contributed by atoms with E-state index in [1.54, 1.807) is 11.9 Å². The minimum Gasteiger partial charge on any atom is -0.335 e. The van der Waals surface area contributed by atoms with Gasteiger partial charge in [0.2, 0.25) is 0 Å². The van der Waals surface area contributed by atoms with Crippen molar-refractivity contribution in [3.63, 3.8) is 0 Å². The Hall–Kier alpha value is -1.03. The van der Waals surface area contributed by atoms with Crippen molar-refractivity contribution < 1.29 is 4.79 Å². The molecule has 3 N–H and O–H groups in total. The smallest absolute Gasteiger partial charge is 0.317 e. The summed E-state index contributed by atoms with van der Waals surface area (Å²) in [5.41, 5.74) is 5.22. The summed E-state index contributed by atoms with van der Waals surface area (Å²) < 4.78 is 0. The molecule has 0 aliphatic heterocycles. The molecule has 70 valence electrons. The van der Waals surface area contributed by atoms with E-state index in [-0.39, 0.29) is 6.03 Å². The highest BCUT2D eigenvalue weighted by molar-refractivity contribution is 5.73. The summed E-state index contributed by atoms with van der Waals surface area (Å²) in [6, 6.07) is -0.0563. The number of hydrogen-bond acceptors (Lipinski definition) is 2. The average Bonchev–Trinajstić information content (AvgIpc) is 2.10. The Bertz CT molecular complexity index is 156. The number of carbonyl (C=O) groups is 1. The van der Waals surface area contributed by atoms with Gasteiger partial charge in [-0.25, -0.2) is 4.79 Å². The Morgan fingerprint density at radius 3 is 2.75 bits per heavy atom. The Morgan fingerprint density at radius 2 is 2.25 bits per heavy atom. The number of nitrogens with one attached hydrogen (secondary N) is 1. The lowest BCUT2D eigenvalue weighted by Crippen LogP contribution is -2.37. The third-order valence-corrected chi connectivity index (χ3v) is 1.49. The molecule has 0 aliphatic rings. The number of rotatable bonds is 4. The number of amides is 2. The number of hydrogen-bond donors (Lipinski definition) is 2. The predicted molar refractivity (Wildman–Crippen MR) is 49.9 cm³/mol. The van der Waals surface area contributed by atoms with Gasteiger partial charge in [0.15, 0.2) is 0 Å². The van der Waals surface area contributed by atoms with Gasteiger partial charge in [0, 0.05) is 26.7 Å². The van der Waals surface area contributed by atoms with Gasteiger partial charge < -0.3 is 16.0 Å². The van der Waals surface area contributed by atoms with Crippen LogP contribution in [0.5, 0.6) is 0 Å². The molecule has 12 heavy (non-hydrogen) atoms. The highest BCUT2D eigenvalue weighted by atomic mass is 16.2. The molecule has 0 heterocycles. The first-order valence-electron chi connectivity index (χ1n) is 4.06. The number of nitrogens with two attached hydrogens (primary N) is 1. The lowest BCUT2D eigenvalue weighted by Gasteiger charge is -2.14. The molecule has 4 nitrogen and oxygen atoms in total. The first-order valence-corrected chi connectivity index (χ1v) is 4.06. The zero-order chi connectivity index (χ0) is 9.40.